The minimum absolute atomic E-state index is 0.0270. The highest BCUT2D eigenvalue weighted by atomic mass is 16.1. The number of pyridine rings is 1. The van der Waals surface area contributed by atoms with Crippen molar-refractivity contribution < 1.29 is 4.79 Å². The fraction of sp³-hybridized carbons (Fsp3) is 0.625. The molecule has 4 nitrogen and oxygen atoms in total. The summed E-state index contributed by atoms with van der Waals surface area (Å²) in [6.07, 6.45) is 8.01. The van der Waals surface area contributed by atoms with E-state index < -0.39 is 0 Å². The monoisotopic (exact) mass is 275 g/mol. The van der Waals surface area contributed by atoms with Crippen LogP contribution < -0.4 is 10.6 Å². The van der Waals surface area contributed by atoms with Crippen LogP contribution in [0.25, 0.3) is 0 Å². The fourth-order valence-corrected chi connectivity index (χ4v) is 2.87. The summed E-state index contributed by atoms with van der Waals surface area (Å²) in [6.45, 7) is 5.79. The topological polar surface area (TPSA) is 54.0 Å². The largest absolute Gasteiger partial charge is 0.370 e. The summed E-state index contributed by atoms with van der Waals surface area (Å²) >= 11 is 0. The Morgan fingerprint density at radius 2 is 2.10 bits per heavy atom. The number of aromatic nitrogens is 1. The first-order chi connectivity index (χ1) is 9.64. The molecule has 0 aliphatic heterocycles. The number of nitrogens with zero attached hydrogens (tertiary/aromatic N) is 1. The van der Waals surface area contributed by atoms with E-state index in [1.54, 1.807) is 12.3 Å². The van der Waals surface area contributed by atoms with E-state index in [2.05, 4.69) is 22.5 Å². The molecular weight excluding hydrogens is 250 g/mol. The Bertz CT molecular complexity index is 453. The van der Waals surface area contributed by atoms with Crippen molar-refractivity contribution in [2.24, 2.45) is 5.41 Å². The van der Waals surface area contributed by atoms with Crippen LogP contribution in [0.3, 0.4) is 0 Å². The lowest BCUT2D eigenvalue weighted by molar-refractivity contribution is 0.0919. The van der Waals surface area contributed by atoms with Gasteiger partial charge in [0.1, 0.15) is 5.82 Å². The fourth-order valence-electron chi connectivity index (χ4n) is 2.87. The molecule has 1 amide bonds. The highest BCUT2D eigenvalue weighted by Gasteiger charge is 2.27. The zero-order valence-electron chi connectivity index (χ0n) is 12.5. The summed E-state index contributed by atoms with van der Waals surface area (Å²) in [4.78, 5) is 16.6. The van der Waals surface area contributed by atoms with Gasteiger partial charge in [0.05, 0.1) is 5.56 Å². The molecule has 1 aromatic rings. The highest BCUT2D eigenvalue weighted by molar-refractivity contribution is 5.98. The third-order valence-electron chi connectivity index (χ3n) is 4.13. The van der Waals surface area contributed by atoms with Crippen LogP contribution in [-0.2, 0) is 0 Å². The Balaban J connectivity index is 1.98. The molecule has 0 atom stereocenters. The first-order valence-electron chi connectivity index (χ1n) is 7.62. The molecule has 110 valence electrons. The van der Waals surface area contributed by atoms with Crippen LogP contribution in [0.2, 0.25) is 0 Å². The van der Waals surface area contributed by atoms with Crippen LogP contribution in [0.1, 0.15) is 56.3 Å². The summed E-state index contributed by atoms with van der Waals surface area (Å²) in [7, 11) is 0. The molecule has 0 bridgehead atoms. The van der Waals surface area contributed by atoms with Crippen LogP contribution in [0, 0.1) is 5.41 Å². The van der Waals surface area contributed by atoms with Gasteiger partial charge in [0.25, 0.3) is 5.91 Å². The number of amides is 1. The summed E-state index contributed by atoms with van der Waals surface area (Å²) in [5.74, 6) is 0.641. The van der Waals surface area contributed by atoms with E-state index in [1.165, 1.54) is 32.1 Å². The molecule has 2 rings (SSSR count). The van der Waals surface area contributed by atoms with Gasteiger partial charge in [0.15, 0.2) is 0 Å². The second-order valence-corrected chi connectivity index (χ2v) is 5.98. The Labute approximate surface area is 121 Å². The first kappa shape index (κ1) is 14.8. The van der Waals surface area contributed by atoms with E-state index in [9.17, 15) is 4.79 Å². The van der Waals surface area contributed by atoms with Gasteiger partial charge in [-0.25, -0.2) is 4.98 Å². The van der Waals surface area contributed by atoms with Crippen LogP contribution >= 0.6 is 0 Å². The number of hydrogen-bond donors (Lipinski definition) is 2. The predicted octanol–water partition coefficient (Wildman–Crippen LogP) is 3.21. The molecule has 1 aliphatic rings. The summed E-state index contributed by atoms with van der Waals surface area (Å²) in [6, 6.07) is 3.63. The second kappa shape index (κ2) is 6.73. The third-order valence-corrected chi connectivity index (χ3v) is 4.13. The van der Waals surface area contributed by atoms with E-state index in [0.717, 1.165) is 13.1 Å². The van der Waals surface area contributed by atoms with Crippen molar-refractivity contribution in [2.75, 3.05) is 18.4 Å². The maximum Gasteiger partial charge on any atom is 0.255 e. The first-order valence-corrected chi connectivity index (χ1v) is 7.62. The van der Waals surface area contributed by atoms with Gasteiger partial charge in [-0.1, -0.05) is 26.2 Å². The number of carbonyl (C=O) groups is 1. The lowest BCUT2D eigenvalue weighted by Crippen LogP contribution is -2.37. The quantitative estimate of drug-likeness (QED) is 0.867. The van der Waals surface area contributed by atoms with Crippen molar-refractivity contribution in [3.05, 3.63) is 23.9 Å². The minimum atomic E-state index is -0.0270. The van der Waals surface area contributed by atoms with E-state index >= 15 is 0 Å². The molecule has 1 aliphatic carbocycles. The predicted molar refractivity (Wildman–Crippen MR) is 81.9 cm³/mol. The average Bonchev–Trinajstić information content (AvgIpc) is 2.47. The van der Waals surface area contributed by atoms with Gasteiger partial charge in [-0.05, 0) is 37.3 Å². The molecule has 0 saturated heterocycles. The van der Waals surface area contributed by atoms with Crippen LogP contribution in [0.5, 0.6) is 0 Å². The van der Waals surface area contributed by atoms with E-state index in [-0.39, 0.29) is 11.3 Å². The molecule has 4 heteroatoms. The van der Waals surface area contributed by atoms with Gasteiger partial charge in [-0.3, -0.25) is 4.79 Å². The SMILES string of the molecule is CCNc1ncccc1C(=O)NCC1(C)CCCCC1. The average molecular weight is 275 g/mol. The zero-order chi connectivity index (χ0) is 14.4. The van der Waals surface area contributed by atoms with Crippen molar-refractivity contribution in [2.45, 2.75) is 46.0 Å². The van der Waals surface area contributed by atoms with E-state index in [4.69, 9.17) is 0 Å². The van der Waals surface area contributed by atoms with Gasteiger partial charge >= 0.3 is 0 Å². The summed E-state index contributed by atoms with van der Waals surface area (Å²) < 4.78 is 0. The Morgan fingerprint density at radius 3 is 2.80 bits per heavy atom. The summed E-state index contributed by atoms with van der Waals surface area (Å²) in [5.41, 5.74) is 0.892. The number of anilines is 1. The van der Waals surface area contributed by atoms with Crippen molar-refractivity contribution in [3.63, 3.8) is 0 Å². The van der Waals surface area contributed by atoms with Crippen molar-refractivity contribution >= 4 is 11.7 Å². The lowest BCUT2D eigenvalue weighted by atomic mass is 9.76. The van der Waals surface area contributed by atoms with Crippen molar-refractivity contribution in [1.82, 2.24) is 10.3 Å². The number of rotatable bonds is 5. The number of carbonyl (C=O) groups excluding carboxylic acids is 1. The molecule has 0 unspecified atom stereocenters. The Morgan fingerprint density at radius 1 is 1.35 bits per heavy atom. The minimum Gasteiger partial charge on any atom is -0.370 e. The van der Waals surface area contributed by atoms with Gasteiger partial charge in [-0.2, -0.15) is 0 Å². The molecule has 2 N–H and O–H groups in total. The molecule has 1 saturated carbocycles. The molecule has 1 heterocycles. The summed E-state index contributed by atoms with van der Waals surface area (Å²) in [5, 5.41) is 6.22. The van der Waals surface area contributed by atoms with Crippen LogP contribution in [-0.4, -0.2) is 24.0 Å². The maximum absolute atomic E-state index is 12.3. The standard InChI is InChI=1S/C16H25N3O/c1-3-17-14-13(8-7-11-18-14)15(20)19-12-16(2)9-5-4-6-10-16/h7-8,11H,3-6,9-10,12H2,1-2H3,(H,17,18)(H,19,20). The smallest absolute Gasteiger partial charge is 0.255 e. The van der Waals surface area contributed by atoms with Gasteiger partial charge in [-0.15, -0.1) is 0 Å². The maximum atomic E-state index is 12.3. The van der Waals surface area contributed by atoms with Gasteiger partial charge in [0.2, 0.25) is 0 Å². The Hall–Kier alpha value is -1.58. The van der Waals surface area contributed by atoms with Crippen molar-refractivity contribution in [3.8, 4) is 0 Å². The highest BCUT2D eigenvalue weighted by Crippen LogP contribution is 2.35. The van der Waals surface area contributed by atoms with Gasteiger partial charge in [0, 0.05) is 19.3 Å². The number of hydrogen-bond acceptors (Lipinski definition) is 3. The normalized spacial score (nSPS) is 17.5. The van der Waals surface area contributed by atoms with E-state index in [0.29, 0.717) is 11.4 Å². The molecule has 0 aromatic carbocycles. The molecule has 1 fully saturated rings. The zero-order valence-corrected chi connectivity index (χ0v) is 12.5. The second-order valence-electron chi connectivity index (χ2n) is 5.98. The lowest BCUT2D eigenvalue weighted by Gasteiger charge is -2.33. The third kappa shape index (κ3) is 3.71. The number of nitrogens with one attached hydrogen (secondary N) is 2. The van der Waals surface area contributed by atoms with Crippen LogP contribution in [0.4, 0.5) is 5.82 Å². The molecular formula is C16H25N3O. The molecule has 20 heavy (non-hydrogen) atoms. The molecule has 1 aromatic heterocycles. The van der Waals surface area contributed by atoms with E-state index in [1.807, 2.05) is 13.0 Å². The molecule has 0 radical (unpaired) electrons. The van der Waals surface area contributed by atoms with Crippen molar-refractivity contribution in [1.29, 1.82) is 0 Å². The van der Waals surface area contributed by atoms with Crippen LogP contribution in [0.15, 0.2) is 18.3 Å². The Kier molecular flexibility index (Phi) is 4.99. The van der Waals surface area contributed by atoms with Gasteiger partial charge < -0.3 is 10.6 Å². The molecule has 0 spiro atoms.